The van der Waals surface area contributed by atoms with Gasteiger partial charge in [0.1, 0.15) is 0 Å². The van der Waals surface area contributed by atoms with E-state index in [1.807, 2.05) is 35.7 Å². The Morgan fingerprint density at radius 1 is 1.18 bits per heavy atom. The maximum Gasteiger partial charge on any atom is 0.209 e. The van der Waals surface area contributed by atoms with Crippen LogP contribution < -0.4 is 4.74 Å². The fourth-order valence-corrected chi connectivity index (χ4v) is 2.64. The highest BCUT2D eigenvalue weighted by molar-refractivity contribution is 7.13. The molecule has 22 heavy (non-hydrogen) atoms. The number of aromatic hydroxyl groups is 1. The number of thiazole rings is 1. The van der Waals surface area contributed by atoms with Gasteiger partial charge >= 0.3 is 0 Å². The zero-order valence-corrected chi connectivity index (χ0v) is 12.7. The van der Waals surface area contributed by atoms with E-state index in [0.29, 0.717) is 10.9 Å². The van der Waals surface area contributed by atoms with Gasteiger partial charge in [0.25, 0.3) is 0 Å². The van der Waals surface area contributed by atoms with Gasteiger partial charge in [0.05, 0.1) is 12.8 Å². The lowest BCUT2D eigenvalue weighted by Gasteiger charge is -2.02. The van der Waals surface area contributed by atoms with Gasteiger partial charge < -0.3 is 9.84 Å². The molecule has 0 fully saturated rings. The van der Waals surface area contributed by atoms with Crippen LogP contribution in [-0.2, 0) is 0 Å². The van der Waals surface area contributed by atoms with Crippen LogP contribution in [0.4, 0.5) is 5.13 Å². The van der Waals surface area contributed by atoms with Crippen LogP contribution in [0.5, 0.6) is 11.5 Å². The van der Waals surface area contributed by atoms with Crippen molar-refractivity contribution in [2.24, 2.45) is 4.99 Å². The molecule has 1 heterocycles. The predicted octanol–water partition coefficient (Wildman–Crippen LogP) is 4.27. The second-order valence-electron chi connectivity index (χ2n) is 4.57. The molecule has 0 atom stereocenters. The number of benzene rings is 2. The molecule has 3 aromatic rings. The minimum absolute atomic E-state index is 0.111. The molecule has 1 N–H and O–H groups in total. The quantitative estimate of drug-likeness (QED) is 0.732. The molecular formula is C17H14N2O2S. The van der Waals surface area contributed by atoms with E-state index in [1.54, 1.807) is 24.4 Å². The number of aromatic nitrogens is 1. The van der Waals surface area contributed by atoms with Crippen LogP contribution in [0, 0.1) is 0 Å². The molecular weight excluding hydrogens is 296 g/mol. The lowest BCUT2D eigenvalue weighted by molar-refractivity contribution is 0.373. The molecule has 0 aliphatic rings. The normalized spacial score (nSPS) is 11.0. The molecule has 5 heteroatoms. The summed E-state index contributed by atoms with van der Waals surface area (Å²) in [6, 6.07) is 15.1. The molecule has 0 bridgehead atoms. The van der Waals surface area contributed by atoms with Crippen LogP contribution >= 0.6 is 11.3 Å². The average Bonchev–Trinajstić information content (AvgIpc) is 3.04. The third-order valence-electron chi connectivity index (χ3n) is 3.09. The molecule has 4 nitrogen and oxygen atoms in total. The second-order valence-corrected chi connectivity index (χ2v) is 5.41. The van der Waals surface area contributed by atoms with Gasteiger partial charge in [-0.3, -0.25) is 0 Å². The van der Waals surface area contributed by atoms with Crippen LogP contribution in [0.3, 0.4) is 0 Å². The fraction of sp³-hybridized carbons (Fsp3) is 0.0588. The highest BCUT2D eigenvalue weighted by atomic mass is 32.1. The van der Waals surface area contributed by atoms with Crippen LogP contribution in [0.25, 0.3) is 11.3 Å². The number of phenolic OH excluding ortho intramolecular Hbond substituents is 1. The van der Waals surface area contributed by atoms with Gasteiger partial charge in [-0.2, -0.15) is 0 Å². The summed E-state index contributed by atoms with van der Waals surface area (Å²) in [5.74, 6) is 0.535. The molecule has 0 saturated heterocycles. The van der Waals surface area contributed by atoms with Crippen molar-refractivity contribution in [3.8, 4) is 22.8 Å². The second kappa shape index (κ2) is 6.41. The molecule has 0 aliphatic heterocycles. The maximum absolute atomic E-state index is 9.57. The first-order valence-corrected chi connectivity index (χ1v) is 7.56. The summed E-state index contributed by atoms with van der Waals surface area (Å²) in [6.07, 6.45) is 1.70. The van der Waals surface area contributed by atoms with Crippen LogP contribution in [-0.4, -0.2) is 23.4 Å². The predicted molar refractivity (Wildman–Crippen MR) is 89.5 cm³/mol. The number of methoxy groups -OCH3 is 1. The van der Waals surface area contributed by atoms with Crippen molar-refractivity contribution in [1.82, 2.24) is 4.98 Å². The molecule has 0 amide bonds. The molecule has 0 unspecified atom stereocenters. The molecule has 2 aromatic carbocycles. The monoisotopic (exact) mass is 310 g/mol. The Morgan fingerprint density at radius 3 is 2.77 bits per heavy atom. The topological polar surface area (TPSA) is 54.7 Å². The molecule has 0 saturated carbocycles. The van der Waals surface area contributed by atoms with Gasteiger partial charge in [0.15, 0.2) is 11.5 Å². The largest absolute Gasteiger partial charge is 0.504 e. The number of nitrogens with zero attached hydrogens (tertiary/aromatic N) is 2. The molecule has 0 radical (unpaired) electrons. The third-order valence-corrected chi connectivity index (χ3v) is 3.84. The Hall–Kier alpha value is -2.66. The lowest BCUT2D eigenvalue weighted by Crippen LogP contribution is -1.86. The molecule has 0 aliphatic carbocycles. The first-order valence-electron chi connectivity index (χ1n) is 6.68. The van der Waals surface area contributed by atoms with E-state index >= 15 is 0 Å². The van der Waals surface area contributed by atoms with E-state index < -0.39 is 0 Å². The van der Waals surface area contributed by atoms with Crippen molar-refractivity contribution >= 4 is 22.7 Å². The van der Waals surface area contributed by atoms with Crippen molar-refractivity contribution in [3.63, 3.8) is 0 Å². The molecule has 1 aromatic heterocycles. The van der Waals surface area contributed by atoms with E-state index in [4.69, 9.17) is 4.74 Å². The minimum atomic E-state index is 0.111. The van der Waals surface area contributed by atoms with E-state index in [9.17, 15) is 5.11 Å². The summed E-state index contributed by atoms with van der Waals surface area (Å²) >= 11 is 1.49. The van der Waals surface area contributed by atoms with E-state index in [-0.39, 0.29) is 5.75 Å². The number of hydrogen-bond acceptors (Lipinski definition) is 5. The Balaban J connectivity index is 1.80. The number of hydrogen-bond donors (Lipinski definition) is 1. The van der Waals surface area contributed by atoms with Gasteiger partial charge in [0, 0.05) is 17.2 Å². The fourth-order valence-electron chi connectivity index (χ4n) is 1.97. The van der Waals surface area contributed by atoms with Gasteiger partial charge in [0.2, 0.25) is 5.13 Å². The number of phenols is 1. The van der Waals surface area contributed by atoms with E-state index in [2.05, 4.69) is 9.98 Å². The van der Waals surface area contributed by atoms with Crippen molar-refractivity contribution in [2.45, 2.75) is 0 Å². The number of ether oxygens (including phenoxy) is 1. The van der Waals surface area contributed by atoms with E-state index in [0.717, 1.165) is 16.8 Å². The summed E-state index contributed by atoms with van der Waals surface area (Å²) in [7, 11) is 1.52. The standard InChI is InChI=1S/C17H14N2O2S/c1-21-16-9-12(7-8-15(16)20)10-18-17-19-14(11-22-17)13-5-3-2-4-6-13/h2-11,20H,1H3/b18-10+. The Labute approximate surface area is 132 Å². The zero-order valence-electron chi connectivity index (χ0n) is 11.9. The smallest absolute Gasteiger partial charge is 0.209 e. The van der Waals surface area contributed by atoms with Crippen molar-refractivity contribution in [2.75, 3.05) is 7.11 Å². The van der Waals surface area contributed by atoms with Crippen LogP contribution in [0.15, 0.2) is 58.9 Å². The Kier molecular flexibility index (Phi) is 4.16. The molecule has 110 valence electrons. The Bertz CT molecular complexity index is 797. The van der Waals surface area contributed by atoms with Crippen molar-refractivity contribution in [3.05, 3.63) is 59.5 Å². The average molecular weight is 310 g/mol. The minimum Gasteiger partial charge on any atom is -0.504 e. The number of aliphatic imine (C=N–C) groups is 1. The zero-order chi connectivity index (χ0) is 15.4. The summed E-state index contributed by atoms with van der Waals surface area (Å²) in [5.41, 5.74) is 2.83. The first kappa shape index (κ1) is 14.3. The maximum atomic E-state index is 9.57. The van der Waals surface area contributed by atoms with Crippen molar-refractivity contribution < 1.29 is 9.84 Å². The summed E-state index contributed by atoms with van der Waals surface area (Å²) in [4.78, 5) is 8.87. The highest BCUT2D eigenvalue weighted by Gasteiger charge is 2.03. The first-order chi connectivity index (χ1) is 10.8. The van der Waals surface area contributed by atoms with Crippen LogP contribution in [0.2, 0.25) is 0 Å². The van der Waals surface area contributed by atoms with Crippen molar-refractivity contribution in [1.29, 1.82) is 0 Å². The van der Waals surface area contributed by atoms with Gasteiger partial charge in [-0.05, 0) is 23.8 Å². The summed E-state index contributed by atoms with van der Waals surface area (Å²) < 4.78 is 5.07. The van der Waals surface area contributed by atoms with Gasteiger partial charge in [-0.1, -0.05) is 30.3 Å². The highest BCUT2D eigenvalue weighted by Crippen LogP contribution is 2.28. The third kappa shape index (κ3) is 3.15. The molecule has 0 spiro atoms. The van der Waals surface area contributed by atoms with E-state index in [1.165, 1.54) is 18.4 Å². The summed E-state index contributed by atoms with van der Waals surface area (Å²) in [5, 5.41) is 12.2. The lowest BCUT2D eigenvalue weighted by atomic mass is 10.2. The van der Waals surface area contributed by atoms with Gasteiger partial charge in [-0.15, -0.1) is 11.3 Å². The van der Waals surface area contributed by atoms with Crippen LogP contribution in [0.1, 0.15) is 5.56 Å². The Morgan fingerprint density at radius 2 is 2.00 bits per heavy atom. The summed E-state index contributed by atoms with van der Waals surface area (Å²) in [6.45, 7) is 0. The number of rotatable bonds is 4. The molecule has 3 rings (SSSR count). The van der Waals surface area contributed by atoms with Gasteiger partial charge in [-0.25, -0.2) is 9.98 Å². The SMILES string of the molecule is COc1cc(/C=N/c2nc(-c3ccccc3)cs2)ccc1O.